The maximum Gasteiger partial charge on any atom is 0.120 e. The topological polar surface area (TPSA) is 44.0 Å². The second-order valence-electron chi connectivity index (χ2n) is 3.80. The number of nitrogens with zero attached hydrogens (tertiary/aromatic N) is 1. The standard InChI is InChI=1S/C11H12ClNO/c1-7-8(12)4-5-9(14)10(7)11(2,3)6-13/h4-5,14H,1-3H3. The number of aromatic hydroxyl groups is 1. The van der Waals surface area contributed by atoms with Crippen LogP contribution in [0.2, 0.25) is 5.02 Å². The van der Waals surface area contributed by atoms with Crippen molar-refractivity contribution in [2.24, 2.45) is 0 Å². The van der Waals surface area contributed by atoms with E-state index in [4.69, 9.17) is 16.9 Å². The Bertz CT molecular complexity index is 404. The Morgan fingerprint density at radius 3 is 2.50 bits per heavy atom. The van der Waals surface area contributed by atoms with Gasteiger partial charge in [-0.25, -0.2) is 0 Å². The maximum absolute atomic E-state index is 9.67. The first-order valence-corrected chi connectivity index (χ1v) is 4.67. The third-order valence-corrected chi connectivity index (χ3v) is 2.69. The molecule has 0 amide bonds. The van der Waals surface area contributed by atoms with Crippen molar-refractivity contribution in [2.75, 3.05) is 0 Å². The highest BCUT2D eigenvalue weighted by atomic mass is 35.5. The molecule has 0 aliphatic carbocycles. The van der Waals surface area contributed by atoms with Gasteiger partial charge in [0.25, 0.3) is 0 Å². The molecule has 0 spiro atoms. The molecular formula is C11H12ClNO. The molecule has 0 fully saturated rings. The van der Waals surface area contributed by atoms with Crippen LogP contribution in [-0.2, 0) is 5.41 Å². The molecule has 0 saturated carbocycles. The molecule has 0 aliphatic heterocycles. The first-order chi connectivity index (χ1) is 6.40. The van der Waals surface area contributed by atoms with Gasteiger partial charge in [0.05, 0.1) is 11.5 Å². The van der Waals surface area contributed by atoms with E-state index >= 15 is 0 Å². The largest absolute Gasteiger partial charge is 0.508 e. The maximum atomic E-state index is 9.67. The Morgan fingerprint density at radius 2 is 2.00 bits per heavy atom. The van der Waals surface area contributed by atoms with Crippen LogP contribution in [0.5, 0.6) is 5.75 Å². The Labute approximate surface area is 88.7 Å². The Kier molecular flexibility index (Phi) is 2.73. The molecule has 14 heavy (non-hydrogen) atoms. The first kappa shape index (κ1) is 10.9. The number of hydrogen-bond donors (Lipinski definition) is 1. The number of benzene rings is 1. The Balaban J connectivity index is 3.49. The second-order valence-corrected chi connectivity index (χ2v) is 4.21. The van der Waals surface area contributed by atoms with Crippen molar-refractivity contribution in [3.8, 4) is 11.8 Å². The number of phenolic OH excluding ortho intramolecular Hbond substituents is 1. The molecule has 0 heterocycles. The van der Waals surface area contributed by atoms with Gasteiger partial charge in [0.1, 0.15) is 5.75 Å². The molecule has 0 aliphatic rings. The molecule has 1 aromatic rings. The number of nitriles is 1. The summed E-state index contributed by atoms with van der Waals surface area (Å²) in [5.74, 6) is 0.124. The van der Waals surface area contributed by atoms with Crippen LogP contribution in [0.1, 0.15) is 25.0 Å². The molecule has 0 atom stereocenters. The van der Waals surface area contributed by atoms with Gasteiger partial charge in [0.2, 0.25) is 0 Å². The van der Waals surface area contributed by atoms with Gasteiger partial charge in [-0.3, -0.25) is 0 Å². The average Bonchev–Trinajstić information content (AvgIpc) is 2.12. The van der Waals surface area contributed by atoms with Crippen molar-refractivity contribution in [3.63, 3.8) is 0 Å². The van der Waals surface area contributed by atoms with Gasteiger partial charge >= 0.3 is 0 Å². The third kappa shape index (κ3) is 1.69. The summed E-state index contributed by atoms with van der Waals surface area (Å²) in [7, 11) is 0. The van der Waals surface area contributed by atoms with E-state index in [0.29, 0.717) is 10.6 Å². The van der Waals surface area contributed by atoms with E-state index in [1.54, 1.807) is 26.8 Å². The predicted molar refractivity (Wildman–Crippen MR) is 56.5 cm³/mol. The highest BCUT2D eigenvalue weighted by Crippen LogP contribution is 2.36. The number of rotatable bonds is 1. The van der Waals surface area contributed by atoms with E-state index < -0.39 is 5.41 Å². The van der Waals surface area contributed by atoms with E-state index in [2.05, 4.69) is 6.07 Å². The van der Waals surface area contributed by atoms with Gasteiger partial charge < -0.3 is 5.11 Å². The molecule has 1 aromatic carbocycles. The van der Waals surface area contributed by atoms with Crippen molar-refractivity contribution in [1.29, 1.82) is 5.26 Å². The van der Waals surface area contributed by atoms with Crippen molar-refractivity contribution in [3.05, 3.63) is 28.3 Å². The molecule has 3 heteroatoms. The van der Waals surface area contributed by atoms with Crippen LogP contribution in [0, 0.1) is 18.3 Å². The minimum atomic E-state index is -0.723. The molecule has 0 unspecified atom stereocenters. The lowest BCUT2D eigenvalue weighted by Crippen LogP contribution is -2.16. The lowest BCUT2D eigenvalue weighted by atomic mass is 9.83. The van der Waals surface area contributed by atoms with Crippen molar-refractivity contribution in [2.45, 2.75) is 26.2 Å². The van der Waals surface area contributed by atoms with E-state index in [0.717, 1.165) is 5.56 Å². The summed E-state index contributed by atoms with van der Waals surface area (Å²) in [5.41, 5.74) is 0.643. The molecule has 0 saturated heterocycles. The van der Waals surface area contributed by atoms with Gasteiger partial charge in [-0.15, -0.1) is 0 Å². The monoisotopic (exact) mass is 209 g/mol. The fourth-order valence-corrected chi connectivity index (χ4v) is 1.67. The lowest BCUT2D eigenvalue weighted by Gasteiger charge is -2.20. The molecular weight excluding hydrogens is 198 g/mol. The van der Waals surface area contributed by atoms with Gasteiger partial charge in [-0.2, -0.15) is 5.26 Å². The van der Waals surface area contributed by atoms with Crippen LogP contribution < -0.4 is 0 Å². The Morgan fingerprint density at radius 1 is 1.43 bits per heavy atom. The van der Waals surface area contributed by atoms with E-state index in [-0.39, 0.29) is 5.75 Å². The second kappa shape index (κ2) is 3.51. The third-order valence-electron chi connectivity index (χ3n) is 2.28. The zero-order valence-electron chi connectivity index (χ0n) is 8.43. The summed E-state index contributed by atoms with van der Waals surface area (Å²) >= 11 is 5.93. The first-order valence-electron chi connectivity index (χ1n) is 4.30. The van der Waals surface area contributed by atoms with Gasteiger partial charge in [-0.05, 0) is 38.5 Å². The van der Waals surface area contributed by atoms with Crippen LogP contribution in [-0.4, -0.2) is 5.11 Å². The zero-order valence-corrected chi connectivity index (χ0v) is 9.18. The van der Waals surface area contributed by atoms with Crippen LogP contribution in [0.3, 0.4) is 0 Å². The van der Waals surface area contributed by atoms with E-state index in [1.165, 1.54) is 6.07 Å². The summed E-state index contributed by atoms with van der Waals surface area (Å²) in [6, 6.07) is 5.29. The molecule has 0 bridgehead atoms. The number of hydrogen-bond acceptors (Lipinski definition) is 2. The minimum absolute atomic E-state index is 0.124. The summed E-state index contributed by atoms with van der Waals surface area (Å²) in [4.78, 5) is 0. The Hall–Kier alpha value is -1.20. The highest BCUT2D eigenvalue weighted by molar-refractivity contribution is 6.31. The van der Waals surface area contributed by atoms with Gasteiger partial charge in [0.15, 0.2) is 0 Å². The molecule has 74 valence electrons. The lowest BCUT2D eigenvalue weighted by molar-refractivity contribution is 0.455. The highest BCUT2D eigenvalue weighted by Gasteiger charge is 2.26. The summed E-state index contributed by atoms with van der Waals surface area (Å²) < 4.78 is 0. The van der Waals surface area contributed by atoms with Crippen LogP contribution in [0.25, 0.3) is 0 Å². The smallest absolute Gasteiger partial charge is 0.120 e. The molecule has 1 rings (SSSR count). The SMILES string of the molecule is Cc1c(Cl)ccc(O)c1C(C)(C)C#N. The molecule has 2 nitrogen and oxygen atoms in total. The molecule has 0 radical (unpaired) electrons. The average molecular weight is 210 g/mol. The summed E-state index contributed by atoms with van der Waals surface area (Å²) in [5, 5.41) is 19.2. The number of phenols is 1. The zero-order chi connectivity index (χ0) is 10.9. The molecule has 1 N–H and O–H groups in total. The fourth-order valence-electron chi connectivity index (χ4n) is 1.52. The van der Waals surface area contributed by atoms with Crippen LogP contribution in [0.15, 0.2) is 12.1 Å². The van der Waals surface area contributed by atoms with Crippen molar-refractivity contribution < 1.29 is 5.11 Å². The fraction of sp³-hybridized carbons (Fsp3) is 0.364. The normalized spacial score (nSPS) is 11.1. The summed E-state index contributed by atoms with van der Waals surface area (Å²) in [6.07, 6.45) is 0. The van der Waals surface area contributed by atoms with Crippen LogP contribution >= 0.6 is 11.6 Å². The van der Waals surface area contributed by atoms with Crippen molar-refractivity contribution >= 4 is 11.6 Å². The van der Waals surface area contributed by atoms with Gasteiger partial charge in [0, 0.05) is 10.6 Å². The van der Waals surface area contributed by atoms with E-state index in [9.17, 15) is 5.11 Å². The van der Waals surface area contributed by atoms with Crippen molar-refractivity contribution in [1.82, 2.24) is 0 Å². The van der Waals surface area contributed by atoms with Gasteiger partial charge in [-0.1, -0.05) is 11.6 Å². The predicted octanol–water partition coefficient (Wildman–Crippen LogP) is 3.16. The minimum Gasteiger partial charge on any atom is -0.508 e. The molecule has 0 aromatic heterocycles. The van der Waals surface area contributed by atoms with E-state index in [1.807, 2.05) is 0 Å². The number of halogens is 1. The quantitative estimate of drug-likeness (QED) is 0.772. The summed E-state index contributed by atoms with van der Waals surface area (Å²) in [6.45, 7) is 5.31. The van der Waals surface area contributed by atoms with Crippen LogP contribution in [0.4, 0.5) is 0 Å².